The summed E-state index contributed by atoms with van der Waals surface area (Å²) in [7, 11) is 1.94. The van der Waals surface area contributed by atoms with Gasteiger partial charge in [-0.15, -0.1) is 0 Å². The quantitative estimate of drug-likeness (QED) is 0.851. The Balaban J connectivity index is 1.95. The van der Waals surface area contributed by atoms with Crippen LogP contribution >= 0.6 is 0 Å². The van der Waals surface area contributed by atoms with Gasteiger partial charge in [-0.1, -0.05) is 6.92 Å². The third-order valence-electron chi connectivity index (χ3n) is 2.83. The predicted molar refractivity (Wildman–Crippen MR) is 69.4 cm³/mol. The zero-order valence-electron chi connectivity index (χ0n) is 10.7. The Morgan fingerprint density at radius 3 is 2.83 bits per heavy atom. The van der Waals surface area contributed by atoms with Crippen molar-refractivity contribution in [2.45, 2.75) is 26.0 Å². The minimum absolute atomic E-state index is 0.295. The van der Waals surface area contributed by atoms with Gasteiger partial charge in [0, 0.05) is 6.04 Å². The summed E-state index contributed by atoms with van der Waals surface area (Å²) in [6.45, 7) is 2.56. The molecule has 1 N–H and O–H groups in total. The van der Waals surface area contributed by atoms with Crippen LogP contribution in [0.2, 0.25) is 0 Å². The van der Waals surface area contributed by atoms with E-state index in [0.29, 0.717) is 12.6 Å². The monoisotopic (exact) mass is 246 g/mol. The highest BCUT2D eigenvalue weighted by Crippen LogP contribution is 2.17. The Morgan fingerprint density at radius 1 is 1.39 bits per heavy atom. The van der Waals surface area contributed by atoms with Gasteiger partial charge in [0.15, 0.2) is 0 Å². The first-order chi connectivity index (χ1) is 8.83. The average molecular weight is 246 g/mol. The number of rotatable bonds is 6. The molecular weight excluding hydrogens is 228 g/mol. The number of pyridine rings is 1. The van der Waals surface area contributed by atoms with Gasteiger partial charge in [0.25, 0.3) is 0 Å². The Labute approximate surface area is 107 Å². The van der Waals surface area contributed by atoms with Gasteiger partial charge < -0.3 is 14.5 Å². The third-order valence-corrected chi connectivity index (χ3v) is 2.83. The summed E-state index contributed by atoms with van der Waals surface area (Å²) in [5.74, 6) is 1.56. The number of furan rings is 1. The molecule has 0 spiro atoms. The molecule has 96 valence electrons. The Morgan fingerprint density at radius 2 is 2.28 bits per heavy atom. The molecule has 2 aromatic rings. The van der Waals surface area contributed by atoms with Gasteiger partial charge in [0.2, 0.25) is 0 Å². The molecule has 2 aromatic heterocycles. The lowest BCUT2D eigenvalue weighted by Gasteiger charge is -2.13. The van der Waals surface area contributed by atoms with E-state index in [1.54, 1.807) is 12.5 Å². The molecule has 2 heterocycles. The largest absolute Gasteiger partial charge is 0.484 e. The average Bonchev–Trinajstić information content (AvgIpc) is 2.92. The standard InChI is InChI=1S/C14H18N2O2/c1-3-13(15-2)14-7-6-11(9-16-14)18-10-12-5-4-8-17-12/h4-9,13,15H,3,10H2,1-2H3. The van der Waals surface area contributed by atoms with Crippen molar-refractivity contribution in [3.8, 4) is 5.75 Å². The van der Waals surface area contributed by atoms with E-state index >= 15 is 0 Å². The van der Waals surface area contributed by atoms with Gasteiger partial charge in [-0.05, 0) is 37.7 Å². The van der Waals surface area contributed by atoms with Crippen LogP contribution < -0.4 is 10.1 Å². The highest BCUT2D eigenvalue weighted by Gasteiger charge is 2.07. The van der Waals surface area contributed by atoms with Crippen molar-refractivity contribution >= 4 is 0 Å². The predicted octanol–water partition coefficient (Wildman–Crippen LogP) is 2.92. The molecule has 0 aliphatic heterocycles. The van der Waals surface area contributed by atoms with E-state index in [9.17, 15) is 0 Å². The lowest BCUT2D eigenvalue weighted by atomic mass is 10.1. The highest BCUT2D eigenvalue weighted by atomic mass is 16.5. The van der Waals surface area contributed by atoms with Crippen molar-refractivity contribution in [3.05, 3.63) is 48.2 Å². The summed E-state index contributed by atoms with van der Waals surface area (Å²) in [6, 6.07) is 7.95. The fraction of sp³-hybridized carbons (Fsp3) is 0.357. The van der Waals surface area contributed by atoms with E-state index in [1.807, 2.05) is 31.3 Å². The van der Waals surface area contributed by atoms with Gasteiger partial charge in [0.05, 0.1) is 18.2 Å². The van der Waals surface area contributed by atoms with Crippen LogP contribution in [0.4, 0.5) is 0 Å². The first-order valence-electron chi connectivity index (χ1n) is 6.12. The summed E-state index contributed by atoms with van der Waals surface area (Å²) < 4.78 is 10.8. The number of nitrogens with zero attached hydrogens (tertiary/aromatic N) is 1. The van der Waals surface area contributed by atoms with Crippen molar-refractivity contribution in [2.75, 3.05) is 7.05 Å². The minimum Gasteiger partial charge on any atom is -0.484 e. The molecule has 1 unspecified atom stereocenters. The zero-order valence-corrected chi connectivity index (χ0v) is 10.7. The SMILES string of the molecule is CCC(NC)c1ccc(OCc2ccco2)cn1. The molecule has 0 aliphatic rings. The summed E-state index contributed by atoms with van der Waals surface area (Å²) >= 11 is 0. The van der Waals surface area contributed by atoms with Gasteiger partial charge in [-0.3, -0.25) is 4.98 Å². The summed E-state index contributed by atoms with van der Waals surface area (Å²) in [5.41, 5.74) is 1.03. The Hall–Kier alpha value is -1.81. The van der Waals surface area contributed by atoms with Crippen LogP contribution in [0.15, 0.2) is 41.1 Å². The van der Waals surface area contributed by atoms with Gasteiger partial charge >= 0.3 is 0 Å². The molecule has 0 bridgehead atoms. The molecule has 0 aliphatic carbocycles. The molecule has 0 saturated carbocycles. The van der Waals surface area contributed by atoms with E-state index in [1.165, 1.54) is 0 Å². The van der Waals surface area contributed by atoms with Crippen LogP contribution in [0.25, 0.3) is 0 Å². The maximum Gasteiger partial charge on any atom is 0.146 e. The topological polar surface area (TPSA) is 47.3 Å². The lowest BCUT2D eigenvalue weighted by molar-refractivity contribution is 0.269. The molecule has 4 heteroatoms. The maximum atomic E-state index is 5.58. The van der Waals surface area contributed by atoms with Crippen LogP contribution in [0.5, 0.6) is 5.75 Å². The second-order valence-corrected chi connectivity index (χ2v) is 4.04. The van der Waals surface area contributed by atoms with Gasteiger partial charge in [-0.25, -0.2) is 0 Å². The second kappa shape index (κ2) is 6.21. The van der Waals surface area contributed by atoms with Crippen LogP contribution in [0.1, 0.15) is 30.8 Å². The third kappa shape index (κ3) is 3.11. The van der Waals surface area contributed by atoms with E-state index in [-0.39, 0.29) is 0 Å². The molecule has 0 radical (unpaired) electrons. The molecule has 18 heavy (non-hydrogen) atoms. The molecule has 0 fully saturated rings. The molecule has 0 aromatic carbocycles. The highest BCUT2D eigenvalue weighted by molar-refractivity contribution is 5.21. The summed E-state index contributed by atoms with van der Waals surface area (Å²) in [6.07, 6.45) is 4.40. The van der Waals surface area contributed by atoms with Crippen LogP contribution in [0.3, 0.4) is 0 Å². The first-order valence-corrected chi connectivity index (χ1v) is 6.12. The number of hydrogen-bond donors (Lipinski definition) is 1. The van der Waals surface area contributed by atoms with Crippen molar-refractivity contribution in [3.63, 3.8) is 0 Å². The van der Waals surface area contributed by atoms with E-state index < -0.39 is 0 Å². The maximum absolute atomic E-state index is 5.58. The normalized spacial score (nSPS) is 12.3. The number of ether oxygens (including phenoxy) is 1. The lowest BCUT2D eigenvalue weighted by Crippen LogP contribution is -2.16. The molecule has 0 saturated heterocycles. The molecule has 2 rings (SSSR count). The molecule has 1 atom stereocenters. The summed E-state index contributed by atoms with van der Waals surface area (Å²) in [5, 5.41) is 3.22. The first kappa shape index (κ1) is 12.6. The number of aromatic nitrogens is 1. The van der Waals surface area contributed by atoms with Crippen LogP contribution in [-0.2, 0) is 6.61 Å². The second-order valence-electron chi connectivity index (χ2n) is 4.04. The fourth-order valence-electron chi connectivity index (χ4n) is 1.79. The van der Waals surface area contributed by atoms with Crippen molar-refractivity contribution in [1.82, 2.24) is 10.3 Å². The van der Waals surface area contributed by atoms with Gasteiger partial charge in [0.1, 0.15) is 18.1 Å². The van der Waals surface area contributed by atoms with Crippen molar-refractivity contribution < 1.29 is 9.15 Å². The smallest absolute Gasteiger partial charge is 0.146 e. The Kier molecular flexibility index (Phi) is 4.36. The van der Waals surface area contributed by atoms with Gasteiger partial charge in [-0.2, -0.15) is 0 Å². The van der Waals surface area contributed by atoms with E-state index in [2.05, 4.69) is 17.2 Å². The van der Waals surface area contributed by atoms with E-state index in [0.717, 1.165) is 23.6 Å². The van der Waals surface area contributed by atoms with E-state index in [4.69, 9.17) is 9.15 Å². The van der Waals surface area contributed by atoms with Crippen LogP contribution in [0, 0.1) is 0 Å². The summed E-state index contributed by atoms with van der Waals surface area (Å²) in [4.78, 5) is 4.40. The van der Waals surface area contributed by atoms with Crippen molar-refractivity contribution in [1.29, 1.82) is 0 Å². The number of nitrogens with one attached hydrogen (secondary N) is 1. The minimum atomic E-state index is 0.295. The number of hydrogen-bond acceptors (Lipinski definition) is 4. The Bertz CT molecular complexity index is 447. The molecular formula is C14H18N2O2. The molecule has 0 amide bonds. The van der Waals surface area contributed by atoms with Crippen LogP contribution in [-0.4, -0.2) is 12.0 Å². The van der Waals surface area contributed by atoms with Crippen molar-refractivity contribution in [2.24, 2.45) is 0 Å². The zero-order chi connectivity index (χ0) is 12.8. The fourth-order valence-corrected chi connectivity index (χ4v) is 1.79. The molecule has 4 nitrogen and oxygen atoms in total.